The van der Waals surface area contributed by atoms with Gasteiger partial charge in [0.15, 0.2) is 0 Å². The Labute approximate surface area is 106 Å². The number of hydrogen-bond donors (Lipinski definition) is 1. The molecule has 0 saturated carbocycles. The molecule has 0 spiro atoms. The van der Waals surface area contributed by atoms with E-state index in [-0.39, 0.29) is 0 Å². The fourth-order valence-electron chi connectivity index (χ4n) is 2.02. The van der Waals surface area contributed by atoms with Crippen molar-refractivity contribution in [3.8, 4) is 11.8 Å². The maximum Gasteiger partial charge on any atom is 0.0246 e. The maximum atomic E-state index is 3.51. The third-order valence-electron chi connectivity index (χ3n) is 2.99. The van der Waals surface area contributed by atoms with Crippen LogP contribution in [0.25, 0.3) is 0 Å². The molecule has 0 amide bonds. The zero-order valence-corrected chi connectivity index (χ0v) is 11.4. The van der Waals surface area contributed by atoms with Crippen LogP contribution in [0.1, 0.15) is 37.0 Å². The molecule has 0 aromatic heterocycles. The minimum Gasteiger partial charge on any atom is -0.313 e. The molecule has 92 valence electrons. The van der Waals surface area contributed by atoms with Crippen LogP contribution < -0.4 is 5.32 Å². The van der Waals surface area contributed by atoms with Crippen LogP contribution in [0.4, 0.5) is 0 Å². The molecule has 1 nitrogen and oxygen atoms in total. The molecule has 17 heavy (non-hydrogen) atoms. The molecule has 0 aliphatic carbocycles. The van der Waals surface area contributed by atoms with Gasteiger partial charge >= 0.3 is 0 Å². The Hall–Kier alpha value is -1.26. The van der Waals surface area contributed by atoms with Gasteiger partial charge in [-0.15, -0.1) is 11.8 Å². The van der Waals surface area contributed by atoms with Gasteiger partial charge in [0, 0.05) is 12.5 Å². The fourth-order valence-corrected chi connectivity index (χ4v) is 2.02. The molecule has 0 fully saturated rings. The van der Waals surface area contributed by atoms with Crippen molar-refractivity contribution < 1.29 is 0 Å². The van der Waals surface area contributed by atoms with E-state index < -0.39 is 0 Å². The van der Waals surface area contributed by atoms with E-state index in [1.807, 2.05) is 6.92 Å². The Balaban J connectivity index is 2.76. The molecule has 1 aromatic carbocycles. The van der Waals surface area contributed by atoms with Gasteiger partial charge in [-0.3, -0.25) is 0 Å². The first-order chi connectivity index (χ1) is 8.17. The molecule has 0 aliphatic heterocycles. The Bertz CT molecular complexity index is 409. The normalized spacial score (nSPS) is 11.8. The van der Waals surface area contributed by atoms with Crippen molar-refractivity contribution in [3.05, 3.63) is 34.9 Å². The van der Waals surface area contributed by atoms with E-state index in [0.717, 1.165) is 19.4 Å². The molecule has 0 bridgehead atoms. The highest BCUT2D eigenvalue weighted by molar-refractivity contribution is 5.31. The minimum atomic E-state index is 0.466. The van der Waals surface area contributed by atoms with Crippen LogP contribution in [0.5, 0.6) is 0 Å². The molecular weight excluding hydrogens is 206 g/mol. The van der Waals surface area contributed by atoms with E-state index in [1.54, 1.807) is 0 Å². The summed E-state index contributed by atoms with van der Waals surface area (Å²) < 4.78 is 0. The summed E-state index contributed by atoms with van der Waals surface area (Å²) in [5, 5.41) is 3.51. The molecule has 0 radical (unpaired) electrons. The van der Waals surface area contributed by atoms with Crippen molar-refractivity contribution in [3.63, 3.8) is 0 Å². The molecule has 1 unspecified atom stereocenters. The van der Waals surface area contributed by atoms with Crippen molar-refractivity contribution in [1.82, 2.24) is 5.32 Å². The molecule has 1 N–H and O–H groups in total. The summed E-state index contributed by atoms with van der Waals surface area (Å²) in [6.45, 7) is 9.39. The highest BCUT2D eigenvalue weighted by atomic mass is 14.9. The van der Waals surface area contributed by atoms with Crippen LogP contribution >= 0.6 is 0 Å². The second kappa shape index (κ2) is 7.14. The monoisotopic (exact) mass is 229 g/mol. The second-order valence-electron chi connectivity index (χ2n) is 4.52. The van der Waals surface area contributed by atoms with Gasteiger partial charge in [-0.25, -0.2) is 0 Å². The van der Waals surface area contributed by atoms with Gasteiger partial charge in [0.05, 0.1) is 0 Å². The maximum absolute atomic E-state index is 3.51. The summed E-state index contributed by atoms with van der Waals surface area (Å²) in [5.41, 5.74) is 4.15. The van der Waals surface area contributed by atoms with Gasteiger partial charge < -0.3 is 5.32 Å². The van der Waals surface area contributed by atoms with E-state index in [0.29, 0.717) is 6.04 Å². The number of rotatable bonds is 5. The zero-order valence-electron chi connectivity index (χ0n) is 11.4. The Morgan fingerprint density at radius 2 is 2.06 bits per heavy atom. The van der Waals surface area contributed by atoms with Crippen molar-refractivity contribution in [2.24, 2.45) is 0 Å². The molecule has 1 rings (SSSR count). The topological polar surface area (TPSA) is 12.0 Å². The highest BCUT2D eigenvalue weighted by Crippen LogP contribution is 2.13. The van der Waals surface area contributed by atoms with Crippen LogP contribution in [0.2, 0.25) is 0 Å². The van der Waals surface area contributed by atoms with E-state index in [1.165, 1.54) is 16.7 Å². The number of likely N-dealkylation sites (N-methyl/N-ethyl adjacent to an activating group) is 1. The van der Waals surface area contributed by atoms with E-state index in [2.05, 4.69) is 56.1 Å². The number of hydrogen-bond acceptors (Lipinski definition) is 1. The van der Waals surface area contributed by atoms with Crippen LogP contribution in [0, 0.1) is 25.7 Å². The molecule has 1 atom stereocenters. The number of benzene rings is 1. The van der Waals surface area contributed by atoms with Gasteiger partial charge in [0.2, 0.25) is 0 Å². The van der Waals surface area contributed by atoms with Crippen LogP contribution in [-0.2, 0) is 6.42 Å². The van der Waals surface area contributed by atoms with Gasteiger partial charge in [0.25, 0.3) is 0 Å². The number of aryl methyl sites for hydroxylation is 2. The standard InChI is InChI=1S/C16H23N/c1-5-7-8-16(17-6-2)12-15-11-13(3)9-10-14(15)4/h9-11,16-17H,6,8,12H2,1-4H3. The number of nitrogens with one attached hydrogen (secondary N) is 1. The van der Waals surface area contributed by atoms with Crippen molar-refractivity contribution in [2.75, 3.05) is 6.54 Å². The minimum absolute atomic E-state index is 0.466. The van der Waals surface area contributed by atoms with Crippen LogP contribution in [0.15, 0.2) is 18.2 Å². The van der Waals surface area contributed by atoms with Gasteiger partial charge in [0.1, 0.15) is 0 Å². The molecule has 0 saturated heterocycles. The molecule has 0 heterocycles. The first-order valence-corrected chi connectivity index (χ1v) is 6.36. The van der Waals surface area contributed by atoms with E-state index in [9.17, 15) is 0 Å². The predicted molar refractivity (Wildman–Crippen MR) is 75.2 cm³/mol. The Kier molecular flexibility index (Phi) is 5.80. The van der Waals surface area contributed by atoms with E-state index in [4.69, 9.17) is 0 Å². The van der Waals surface area contributed by atoms with Crippen LogP contribution in [0.3, 0.4) is 0 Å². The summed E-state index contributed by atoms with van der Waals surface area (Å²) in [6.07, 6.45) is 1.99. The molecule has 1 heteroatoms. The van der Waals surface area contributed by atoms with Gasteiger partial charge in [-0.2, -0.15) is 0 Å². The van der Waals surface area contributed by atoms with Crippen molar-refractivity contribution >= 4 is 0 Å². The molecule has 1 aromatic rings. The summed E-state index contributed by atoms with van der Waals surface area (Å²) in [6, 6.07) is 7.14. The quantitative estimate of drug-likeness (QED) is 0.764. The zero-order chi connectivity index (χ0) is 12.7. The second-order valence-corrected chi connectivity index (χ2v) is 4.52. The summed E-state index contributed by atoms with van der Waals surface area (Å²) in [7, 11) is 0. The molecule has 0 aliphatic rings. The lowest BCUT2D eigenvalue weighted by Gasteiger charge is -2.17. The summed E-state index contributed by atoms with van der Waals surface area (Å²) >= 11 is 0. The van der Waals surface area contributed by atoms with Gasteiger partial charge in [-0.05, 0) is 44.9 Å². The van der Waals surface area contributed by atoms with Crippen molar-refractivity contribution in [1.29, 1.82) is 0 Å². The predicted octanol–water partition coefficient (Wildman–Crippen LogP) is 3.24. The smallest absolute Gasteiger partial charge is 0.0246 e. The first-order valence-electron chi connectivity index (χ1n) is 6.36. The Morgan fingerprint density at radius 1 is 1.29 bits per heavy atom. The summed E-state index contributed by atoms with van der Waals surface area (Å²) in [4.78, 5) is 0. The van der Waals surface area contributed by atoms with Crippen LogP contribution in [-0.4, -0.2) is 12.6 Å². The lowest BCUT2D eigenvalue weighted by atomic mass is 9.97. The molecular formula is C16H23N. The fraction of sp³-hybridized carbons (Fsp3) is 0.500. The highest BCUT2D eigenvalue weighted by Gasteiger charge is 2.08. The lowest BCUT2D eigenvalue weighted by molar-refractivity contribution is 0.534. The SMILES string of the molecule is CC#CCC(Cc1cc(C)ccc1C)NCC. The Morgan fingerprint density at radius 3 is 2.71 bits per heavy atom. The third kappa shape index (κ3) is 4.63. The van der Waals surface area contributed by atoms with Gasteiger partial charge in [-0.1, -0.05) is 30.7 Å². The van der Waals surface area contributed by atoms with E-state index >= 15 is 0 Å². The third-order valence-corrected chi connectivity index (χ3v) is 2.99. The first kappa shape index (κ1) is 13.8. The summed E-state index contributed by atoms with van der Waals surface area (Å²) in [5.74, 6) is 6.15. The average Bonchev–Trinajstić information content (AvgIpc) is 2.31. The largest absolute Gasteiger partial charge is 0.313 e. The average molecular weight is 229 g/mol. The van der Waals surface area contributed by atoms with Crippen molar-refractivity contribution in [2.45, 2.75) is 46.6 Å². The lowest BCUT2D eigenvalue weighted by Crippen LogP contribution is -2.30.